The highest BCUT2D eigenvalue weighted by molar-refractivity contribution is 9.10. The average molecular weight is 454 g/mol. The number of ether oxygens (including phenoxy) is 1. The summed E-state index contributed by atoms with van der Waals surface area (Å²) in [4.78, 5) is 12.0. The van der Waals surface area contributed by atoms with Crippen molar-refractivity contribution >= 4 is 37.8 Å². The molecule has 0 heterocycles. The predicted molar refractivity (Wildman–Crippen MR) is 108 cm³/mol. The van der Waals surface area contributed by atoms with E-state index in [4.69, 9.17) is 0 Å². The quantitative estimate of drug-likeness (QED) is 0.116. The van der Waals surface area contributed by atoms with Gasteiger partial charge in [-0.25, -0.2) is 0 Å². The lowest BCUT2D eigenvalue weighted by Gasteiger charge is -2.07. The largest absolute Gasteiger partial charge is 0.469 e. The number of halogens is 2. The zero-order valence-electron chi connectivity index (χ0n) is 14.9. The molecule has 0 rings (SSSR count). The zero-order valence-corrected chi connectivity index (χ0v) is 18.0. The van der Waals surface area contributed by atoms with E-state index >= 15 is 0 Å². The van der Waals surface area contributed by atoms with E-state index in [1.807, 2.05) is 0 Å². The molecule has 2 unspecified atom stereocenters. The lowest BCUT2D eigenvalue weighted by Crippen LogP contribution is -1.99. The molecule has 4 heteroatoms. The summed E-state index contributed by atoms with van der Waals surface area (Å²) in [5.41, 5.74) is 0. The first kappa shape index (κ1) is 23.2. The van der Waals surface area contributed by atoms with Gasteiger partial charge in [-0.05, 0) is 19.3 Å². The Morgan fingerprint density at radius 3 is 1.83 bits per heavy atom. The van der Waals surface area contributed by atoms with Gasteiger partial charge in [0.15, 0.2) is 0 Å². The molecule has 0 aliphatic heterocycles. The maximum atomic E-state index is 11.0. The van der Waals surface area contributed by atoms with Crippen LogP contribution in [-0.2, 0) is 9.53 Å². The highest BCUT2D eigenvalue weighted by Crippen LogP contribution is 2.18. The second kappa shape index (κ2) is 17.0. The van der Waals surface area contributed by atoms with Gasteiger partial charge in [0.05, 0.1) is 7.11 Å². The first-order valence-electron chi connectivity index (χ1n) is 9.13. The molecule has 0 bridgehead atoms. The second-order valence-electron chi connectivity index (χ2n) is 6.15. The van der Waals surface area contributed by atoms with Crippen LogP contribution in [0.15, 0.2) is 12.2 Å². The standard InChI is InChI=1S/C19H34Br2O2/c1-3-4-5-6-9-12-17(20)15-16-18(21)13-10-7-8-11-14-19(22)23-2/h15-18H,3-14H2,1-2H3/b16-15+. The Morgan fingerprint density at radius 1 is 0.870 bits per heavy atom. The van der Waals surface area contributed by atoms with Gasteiger partial charge in [0.1, 0.15) is 0 Å². The molecule has 2 nitrogen and oxygen atoms in total. The van der Waals surface area contributed by atoms with Crippen molar-refractivity contribution in [2.45, 2.75) is 93.6 Å². The van der Waals surface area contributed by atoms with Gasteiger partial charge in [-0.3, -0.25) is 4.79 Å². The normalized spacial score (nSPS) is 14.1. The molecule has 23 heavy (non-hydrogen) atoms. The summed E-state index contributed by atoms with van der Waals surface area (Å²) in [5.74, 6) is -0.0932. The van der Waals surface area contributed by atoms with E-state index in [2.05, 4.69) is 55.7 Å². The van der Waals surface area contributed by atoms with Gasteiger partial charge in [-0.1, -0.05) is 102 Å². The SMILES string of the molecule is CCCCCCCC(Br)/C=C/C(Br)CCCCCCC(=O)OC. The third-order valence-electron chi connectivity index (χ3n) is 3.95. The van der Waals surface area contributed by atoms with Crippen LogP contribution in [0.3, 0.4) is 0 Å². The molecular formula is C19H34Br2O2. The average Bonchev–Trinajstić information content (AvgIpc) is 2.55. The highest BCUT2D eigenvalue weighted by Gasteiger charge is 2.04. The minimum absolute atomic E-state index is 0.0932. The van der Waals surface area contributed by atoms with E-state index in [-0.39, 0.29) is 5.97 Å². The van der Waals surface area contributed by atoms with Crippen LogP contribution >= 0.6 is 31.9 Å². The van der Waals surface area contributed by atoms with Crippen molar-refractivity contribution < 1.29 is 9.53 Å². The number of unbranched alkanes of at least 4 members (excludes halogenated alkanes) is 7. The molecule has 0 aromatic carbocycles. The summed E-state index contributed by atoms with van der Waals surface area (Å²) in [7, 11) is 1.45. The zero-order chi connectivity index (χ0) is 17.3. The molecule has 0 radical (unpaired) electrons. The number of rotatable bonds is 15. The van der Waals surface area contributed by atoms with Crippen molar-refractivity contribution in [3.05, 3.63) is 12.2 Å². The van der Waals surface area contributed by atoms with Crippen molar-refractivity contribution in [3.8, 4) is 0 Å². The fraction of sp³-hybridized carbons (Fsp3) is 0.842. The summed E-state index contributed by atoms with van der Waals surface area (Å²) in [6, 6.07) is 0. The number of hydrogen-bond acceptors (Lipinski definition) is 2. The molecule has 0 amide bonds. The summed E-state index contributed by atoms with van der Waals surface area (Å²) >= 11 is 7.48. The van der Waals surface area contributed by atoms with Gasteiger partial charge in [0, 0.05) is 16.1 Å². The molecular weight excluding hydrogens is 420 g/mol. The van der Waals surface area contributed by atoms with Crippen LogP contribution in [0, 0.1) is 0 Å². The van der Waals surface area contributed by atoms with E-state index in [1.165, 1.54) is 58.5 Å². The Labute approximate surface area is 160 Å². The van der Waals surface area contributed by atoms with Crippen LogP contribution in [0.1, 0.15) is 84.0 Å². The van der Waals surface area contributed by atoms with Gasteiger partial charge in [-0.2, -0.15) is 0 Å². The van der Waals surface area contributed by atoms with Crippen LogP contribution in [0.5, 0.6) is 0 Å². The van der Waals surface area contributed by atoms with Crippen LogP contribution in [0.2, 0.25) is 0 Å². The second-order valence-corrected chi connectivity index (χ2v) is 8.50. The van der Waals surface area contributed by atoms with Crippen molar-refractivity contribution in [2.24, 2.45) is 0 Å². The number of allylic oxidation sites excluding steroid dienone is 2. The Kier molecular flexibility index (Phi) is 17.1. The minimum Gasteiger partial charge on any atom is -0.469 e. The Morgan fingerprint density at radius 2 is 1.35 bits per heavy atom. The molecule has 0 N–H and O–H groups in total. The van der Waals surface area contributed by atoms with E-state index in [1.54, 1.807) is 0 Å². The van der Waals surface area contributed by atoms with Gasteiger partial charge < -0.3 is 4.74 Å². The van der Waals surface area contributed by atoms with Crippen LogP contribution in [-0.4, -0.2) is 22.7 Å². The predicted octanol–water partition coefficient (Wildman–Crippen LogP) is 6.94. The molecule has 136 valence electrons. The first-order valence-corrected chi connectivity index (χ1v) is 11.0. The Bertz CT molecular complexity index is 306. The topological polar surface area (TPSA) is 26.3 Å². The number of methoxy groups -OCH3 is 1. The summed E-state index contributed by atoms with van der Waals surface area (Å²) in [6.45, 7) is 2.26. The monoisotopic (exact) mass is 452 g/mol. The fourth-order valence-electron chi connectivity index (χ4n) is 2.44. The molecule has 0 fully saturated rings. The van der Waals surface area contributed by atoms with Crippen molar-refractivity contribution in [1.29, 1.82) is 0 Å². The Hall–Kier alpha value is 0.170. The maximum absolute atomic E-state index is 11.0. The molecule has 0 aromatic heterocycles. The highest BCUT2D eigenvalue weighted by atomic mass is 79.9. The molecule has 0 aromatic rings. The van der Waals surface area contributed by atoms with Crippen molar-refractivity contribution in [2.75, 3.05) is 7.11 Å². The molecule has 0 saturated heterocycles. The van der Waals surface area contributed by atoms with Crippen molar-refractivity contribution in [1.82, 2.24) is 0 Å². The number of carbonyl (C=O) groups excluding carboxylic acids is 1. The van der Waals surface area contributed by atoms with Crippen LogP contribution in [0.4, 0.5) is 0 Å². The summed E-state index contributed by atoms with van der Waals surface area (Å²) in [6.07, 6.45) is 18.7. The Balaban J connectivity index is 3.52. The van der Waals surface area contributed by atoms with E-state index in [0.717, 1.165) is 19.3 Å². The molecule has 2 atom stereocenters. The number of carbonyl (C=O) groups is 1. The first-order chi connectivity index (χ1) is 11.1. The molecule has 0 aliphatic rings. The van der Waals surface area contributed by atoms with Crippen LogP contribution < -0.4 is 0 Å². The molecule has 0 saturated carbocycles. The maximum Gasteiger partial charge on any atom is 0.305 e. The van der Waals surface area contributed by atoms with Gasteiger partial charge in [0.2, 0.25) is 0 Å². The van der Waals surface area contributed by atoms with E-state index < -0.39 is 0 Å². The molecule has 0 aliphatic carbocycles. The summed E-state index contributed by atoms with van der Waals surface area (Å²) in [5, 5.41) is 0. The number of hydrogen-bond donors (Lipinski definition) is 0. The van der Waals surface area contributed by atoms with Crippen LogP contribution in [0.25, 0.3) is 0 Å². The number of alkyl halides is 2. The van der Waals surface area contributed by atoms with Crippen molar-refractivity contribution in [3.63, 3.8) is 0 Å². The van der Waals surface area contributed by atoms with E-state index in [0.29, 0.717) is 16.1 Å². The van der Waals surface area contributed by atoms with E-state index in [9.17, 15) is 4.79 Å². The number of esters is 1. The lowest BCUT2D eigenvalue weighted by molar-refractivity contribution is -0.140. The summed E-state index contributed by atoms with van der Waals surface area (Å²) < 4.78 is 4.64. The van der Waals surface area contributed by atoms with Gasteiger partial charge in [-0.15, -0.1) is 0 Å². The third kappa shape index (κ3) is 16.8. The minimum atomic E-state index is -0.0932. The van der Waals surface area contributed by atoms with Gasteiger partial charge in [0.25, 0.3) is 0 Å². The smallest absolute Gasteiger partial charge is 0.305 e. The lowest BCUT2D eigenvalue weighted by atomic mass is 10.1. The molecule has 0 spiro atoms. The van der Waals surface area contributed by atoms with Gasteiger partial charge >= 0.3 is 5.97 Å². The third-order valence-corrected chi connectivity index (χ3v) is 5.48. The fourth-order valence-corrected chi connectivity index (χ4v) is 3.44.